The van der Waals surface area contributed by atoms with Gasteiger partial charge in [-0.2, -0.15) is 4.31 Å². The van der Waals surface area contributed by atoms with E-state index in [0.717, 1.165) is 18.7 Å². The Morgan fingerprint density at radius 2 is 1.92 bits per heavy atom. The van der Waals surface area contributed by atoms with Crippen molar-refractivity contribution in [2.45, 2.75) is 30.7 Å². The van der Waals surface area contributed by atoms with E-state index in [0.29, 0.717) is 32.5 Å². The second-order valence-corrected chi connectivity index (χ2v) is 8.73. The average molecular weight is 369 g/mol. The summed E-state index contributed by atoms with van der Waals surface area (Å²) in [6, 6.07) is 5.08. The molecule has 0 spiro atoms. The van der Waals surface area contributed by atoms with Crippen molar-refractivity contribution < 1.29 is 17.6 Å². The Balaban J connectivity index is 1.72. The van der Waals surface area contributed by atoms with E-state index in [2.05, 4.69) is 5.32 Å². The Bertz CT molecular complexity index is 723. The van der Waals surface area contributed by atoms with Crippen LogP contribution in [0.2, 0.25) is 0 Å². The highest BCUT2D eigenvalue weighted by Gasteiger charge is 2.35. The first kappa shape index (κ1) is 18.3. The fourth-order valence-electron chi connectivity index (χ4n) is 3.51. The van der Waals surface area contributed by atoms with Crippen molar-refractivity contribution in [1.29, 1.82) is 0 Å². The van der Waals surface area contributed by atoms with Crippen LogP contribution in [0.15, 0.2) is 29.2 Å². The number of amides is 1. The molecule has 0 radical (unpaired) electrons. The number of nitrogens with one attached hydrogen (secondary N) is 1. The number of carbonyl (C=O) groups excluding carboxylic acids is 1. The van der Waals surface area contributed by atoms with Gasteiger partial charge in [-0.25, -0.2) is 12.8 Å². The SMILES string of the molecule is CC1CN(C(=O)C2CCCN(S(=O)(=O)c3ccc(F)cc3)C2)CCN1. The Morgan fingerprint density at radius 1 is 1.20 bits per heavy atom. The highest BCUT2D eigenvalue weighted by atomic mass is 32.2. The van der Waals surface area contributed by atoms with Crippen molar-refractivity contribution in [2.24, 2.45) is 5.92 Å². The summed E-state index contributed by atoms with van der Waals surface area (Å²) >= 11 is 0. The Labute approximate surface area is 148 Å². The number of benzene rings is 1. The van der Waals surface area contributed by atoms with Gasteiger partial charge in [-0.15, -0.1) is 0 Å². The van der Waals surface area contributed by atoms with Crippen molar-refractivity contribution in [3.63, 3.8) is 0 Å². The van der Waals surface area contributed by atoms with Crippen molar-refractivity contribution >= 4 is 15.9 Å². The van der Waals surface area contributed by atoms with Gasteiger partial charge in [0.1, 0.15) is 5.82 Å². The lowest BCUT2D eigenvalue weighted by Gasteiger charge is -2.37. The van der Waals surface area contributed by atoms with Gasteiger partial charge in [0.25, 0.3) is 0 Å². The standard InChI is InChI=1S/C17H24FN3O3S/c1-13-11-20(10-8-19-13)17(22)14-3-2-9-21(12-14)25(23,24)16-6-4-15(18)5-7-16/h4-7,13-14,19H,2-3,8-12H2,1H3. The van der Waals surface area contributed by atoms with Crippen molar-refractivity contribution in [1.82, 2.24) is 14.5 Å². The molecular weight excluding hydrogens is 345 g/mol. The molecule has 1 N–H and O–H groups in total. The predicted octanol–water partition coefficient (Wildman–Crippen LogP) is 1.05. The molecular formula is C17H24FN3O3S. The van der Waals surface area contributed by atoms with Gasteiger partial charge in [-0.3, -0.25) is 4.79 Å². The van der Waals surface area contributed by atoms with Crippen LogP contribution in [0.25, 0.3) is 0 Å². The summed E-state index contributed by atoms with van der Waals surface area (Å²) < 4.78 is 39.9. The van der Waals surface area contributed by atoms with Crippen LogP contribution in [0.4, 0.5) is 4.39 Å². The molecule has 1 aromatic rings. The zero-order valence-corrected chi connectivity index (χ0v) is 15.1. The third kappa shape index (κ3) is 4.02. The van der Waals surface area contributed by atoms with Crippen LogP contribution in [-0.2, 0) is 14.8 Å². The molecule has 2 heterocycles. The van der Waals surface area contributed by atoms with E-state index in [4.69, 9.17) is 0 Å². The average Bonchev–Trinajstić information content (AvgIpc) is 2.61. The summed E-state index contributed by atoms with van der Waals surface area (Å²) in [5.41, 5.74) is 0. The molecule has 0 bridgehead atoms. The van der Waals surface area contributed by atoms with Crippen LogP contribution in [0.1, 0.15) is 19.8 Å². The van der Waals surface area contributed by atoms with Gasteiger partial charge in [-0.05, 0) is 44.0 Å². The molecule has 0 aromatic heterocycles. The maximum absolute atomic E-state index is 13.1. The first-order chi connectivity index (χ1) is 11.9. The monoisotopic (exact) mass is 369 g/mol. The summed E-state index contributed by atoms with van der Waals surface area (Å²) in [5.74, 6) is -0.750. The molecule has 3 rings (SSSR count). The van der Waals surface area contributed by atoms with Gasteiger partial charge >= 0.3 is 0 Å². The molecule has 2 saturated heterocycles. The van der Waals surface area contributed by atoms with Crippen LogP contribution in [0, 0.1) is 11.7 Å². The minimum atomic E-state index is -3.70. The van der Waals surface area contributed by atoms with E-state index in [1.54, 1.807) is 0 Å². The molecule has 2 fully saturated rings. The topological polar surface area (TPSA) is 69.7 Å². The number of hydrogen-bond acceptors (Lipinski definition) is 4. The van der Waals surface area contributed by atoms with Crippen LogP contribution in [0.5, 0.6) is 0 Å². The van der Waals surface area contributed by atoms with E-state index in [-0.39, 0.29) is 29.3 Å². The van der Waals surface area contributed by atoms with Crippen molar-refractivity contribution in [3.05, 3.63) is 30.1 Å². The van der Waals surface area contributed by atoms with Crippen LogP contribution < -0.4 is 5.32 Å². The fourth-order valence-corrected chi connectivity index (χ4v) is 5.03. The number of rotatable bonds is 3. The minimum Gasteiger partial charge on any atom is -0.340 e. The van der Waals surface area contributed by atoms with E-state index in [1.165, 1.54) is 16.4 Å². The second-order valence-electron chi connectivity index (χ2n) is 6.80. The van der Waals surface area contributed by atoms with E-state index in [9.17, 15) is 17.6 Å². The fraction of sp³-hybridized carbons (Fsp3) is 0.588. The smallest absolute Gasteiger partial charge is 0.243 e. The molecule has 8 heteroatoms. The second kappa shape index (κ2) is 7.39. The molecule has 2 unspecified atom stereocenters. The number of piperazine rings is 1. The first-order valence-electron chi connectivity index (χ1n) is 8.66. The van der Waals surface area contributed by atoms with Gasteiger partial charge in [0.2, 0.25) is 15.9 Å². The Kier molecular flexibility index (Phi) is 5.41. The summed E-state index contributed by atoms with van der Waals surface area (Å²) in [5, 5.41) is 3.30. The lowest BCUT2D eigenvalue weighted by molar-refractivity contribution is -0.137. The molecule has 25 heavy (non-hydrogen) atoms. The first-order valence-corrected chi connectivity index (χ1v) is 10.1. The van der Waals surface area contributed by atoms with Gasteiger partial charge in [0, 0.05) is 38.8 Å². The van der Waals surface area contributed by atoms with E-state index >= 15 is 0 Å². The van der Waals surface area contributed by atoms with Crippen LogP contribution in [-0.4, -0.2) is 62.3 Å². The maximum atomic E-state index is 13.1. The molecule has 1 aromatic carbocycles. The maximum Gasteiger partial charge on any atom is 0.243 e. The summed E-state index contributed by atoms with van der Waals surface area (Å²) in [6.07, 6.45) is 1.35. The predicted molar refractivity (Wildman–Crippen MR) is 91.9 cm³/mol. The number of nitrogens with zero attached hydrogens (tertiary/aromatic N) is 2. The molecule has 1 amide bonds. The number of carbonyl (C=O) groups is 1. The van der Waals surface area contributed by atoms with E-state index in [1.807, 2.05) is 11.8 Å². The molecule has 6 nitrogen and oxygen atoms in total. The lowest BCUT2D eigenvalue weighted by atomic mass is 9.97. The molecule has 2 aliphatic heterocycles. The van der Waals surface area contributed by atoms with Crippen molar-refractivity contribution in [3.8, 4) is 0 Å². The van der Waals surface area contributed by atoms with Gasteiger partial charge in [-0.1, -0.05) is 0 Å². The quantitative estimate of drug-likeness (QED) is 0.865. The van der Waals surface area contributed by atoms with Crippen LogP contribution in [0.3, 0.4) is 0 Å². The zero-order chi connectivity index (χ0) is 18.0. The van der Waals surface area contributed by atoms with Gasteiger partial charge in [0.05, 0.1) is 10.8 Å². The van der Waals surface area contributed by atoms with Crippen LogP contribution >= 0.6 is 0 Å². The Hall–Kier alpha value is -1.51. The third-order valence-electron chi connectivity index (χ3n) is 4.87. The highest BCUT2D eigenvalue weighted by Crippen LogP contribution is 2.25. The number of halogens is 1. The number of sulfonamides is 1. The molecule has 0 aliphatic carbocycles. The van der Waals surface area contributed by atoms with Gasteiger partial charge in [0.15, 0.2) is 0 Å². The lowest BCUT2D eigenvalue weighted by Crippen LogP contribution is -2.54. The Morgan fingerprint density at radius 3 is 2.60 bits per heavy atom. The summed E-state index contributed by atoms with van der Waals surface area (Å²) in [7, 11) is -3.70. The molecule has 2 aliphatic rings. The number of hydrogen-bond donors (Lipinski definition) is 1. The van der Waals surface area contributed by atoms with E-state index < -0.39 is 15.8 Å². The normalized spacial score (nSPS) is 25.8. The molecule has 2 atom stereocenters. The number of piperidine rings is 1. The highest BCUT2D eigenvalue weighted by molar-refractivity contribution is 7.89. The largest absolute Gasteiger partial charge is 0.340 e. The minimum absolute atomic E-state index is 0.0346. The summed E-state index contributed by atoms with van der Waals surface area (Å²) in [6.45, 7) is 4.69. The summed E-state index contributed by atoms with van der Waals surface area (Å²) in [4.78, 5) is 14.7. The molecule has 0 saturated carbocycles. The van der Waals surface area contributed by atoms with Crippen molar-refractivity contribution in [2.75, 3.05) is 32.7 Å². The third-order valence-corrected chi connectivity index (χ3v) is 6.74. The zero-order valence-electron chi connectivity index (χ0n) is 14.3. The molecule has 138 valence electrons. The van der Waals surface area contributed by atoms with Gasteiger partial charge < -0.3 is 10.2 Å².